The summed E-state index contributed by atoms with van der Waals surface area (Å²) < 4.78 is 33.5. The zero-order chi connectivity index (χ0) is 21.1. The topological polar surface area (TPSA) is 140 Å². The van der Waals surface area contributed by atoms with Crippen molar-refractivity contribution in [3.05, 3.63) is 71.2 Å². The fourth-order valence-electron chi connectivity index (χ4n) is 2.50. The average Bonchev–Trinajstić information content (AvgIpc) is 3.44. The first-order valence-corrected chi connectivity index (χ1v) is 10.8. The number of primary sulfonamides is 1. The number of carbonyl (C=O) groups is 1. The maximum atomic E-state index is 12.1. The molecule has 0 bridgehead atoms. The average molecular weight is 442 g/mol. The number of nitrogens with zero attached hydrogens (tertiary/aromatic N) is 2. The molecule has 0 spiro atoms. The molecule has 1 aliphatic rings. The van der Waals surface area contributed by atoms with Crippen LogP contribution < -0.4 is 10.5 Å². The van der Waals surface area contributed by atoms with E-state index < -0.39 is 10.0 Å². The summed E-state index contributed by atoms with van der Waals surface area (Å²) >= 11 is 1.13. The summed E-state index contributed by atoms with van der Waals surface area (Å²) in [4.78, 5) is 12.5. The Bertz CT molecular complexity index is 1270. The quantitative estimate of drug-likeness (QED) is 0.354. The van der Waals surface area contributed by atoms with E-state index in [1.807, 2.05) is 0 Å². The van der Waals surface area contributed by atoms with Crippen molar-refractivity contribution in [2.24, 2.45) is 15.3 Å². The van der Waals surface area contributed by atoms with E-state index >= 15 is 0 Å². The second kappa shape index (κ2) is 8.14. The van der Waals surface area contributed by atoms with Gasteiger partial charge in [0.25, 0.3) is 5.91 Å². The Kier molecular flexibility index (Phi) is 5.40. The normalized spacial score (nSPS) is 17.3. The number of nitrogens with one attached hydrogen (secondary N) is 1. The zero-order valence-corrected chi connectivity index (χ0v) is 16.8. The highest BCUT2D eigenvalue weighted by Crippen LogP contribution is 2.29. The van der Waals surface area contributed by atoms with Crippen LogP contribution in [-0.2, 0) is 14.8 Å². The molecule has 1 fully saturated rings. The van der Waals surface area contributed by atoms with Crippen molar-refractivity contribution in [1.29, 1.82) is 0 Å². The number of thioether (sulfide) groups is 1. The second-order valence-corrected chi connectivity index (χ2v) is 8.59. The summed E-state index contributed by atoms with van der Waals surface area (Å²) in [6.07, 6.45) is 4.54. The Morgan fingerprint density at radius 3 is 2.57 bits per heavy atom. The van der Waals surface area contributed by atoms with Gasteiger partial charge in [0.1, 0.15) is 17.3 Å². The number of benzene rings is 1. The molecule has 0 atom stereocenters. The largest absolute Gasteiger partial charge is 0.463 e. The Balaban J connectivity index is 1.48. The first-order chi connectivity index (χ1) is 14.4. The van der Waals surface area contributed by atoms with E-state index in [0.29, 0.717) is 32.9 Å². The van der Waals surface area contributed by atoms with E-state index in [-0.39, 0.29) is 10.8 Å². The van der Waals surface area contributed by atoms with E-state index in [4.69, 9.17) is 14.0 Å². The molecule has 0 radical (unpaired) electrons. The van der Waals surface area contributed by atoms with Crippen molar-refractivity contribution in [3.8, 4) is 11.3 Å². The van der Waals surface area contributed by atoms with Gasteiger partial charge < -0.3 is 8.83 Å². The molecule has 3 heterocycles. The number of nitrogens with two attached hydrogens (primary N) is 1. The maximum Gasteiger partial charge on any atom is 0.264 e. The minimum Gasteiger partial charge on any atom is -0.463 e. The van der Waals surface area contributed by atoms with Crippen molar-refractivity contribution in [2.45, 2.75) is 4.90 Å². The molecule has 1 amide bonds. The summed E-state index contributed by atoms with van der Waals surface area (Å²) in [6, 6.07) is 12.9. The number of amidine groups is 1. The molecule has 1 aliphatic heterocycles. The van der Waals surface area contributed by atoms with E-state index in [1.165, 1.54) is 24.6 Å². The number of amides is 1. The number of carbonyl (C=O) groups excluding carboxylic acids is 1. The van der Waals surface area contributed by atoms with E-state index in [2.05, 4.69) is 15.5 Å². The SMILES string of the molecule is NS(=O)(=O)c1ccc(-c2ccc(/C=C3/S/C(=N/N=C/c4ccco4)NC3=O)o2)cc1. The first kappa shape index (κ1) is 19.9. The lowest BCUT2D eigenvalue weighted by Gasteiger charge is -2.00. The van der Waals surface area contributed by atoms with Gasteiger partial charge in [0.15, 0.2) is 5.17 Å². The van der Waals surface area contributed by atoms with Crippen LogP contribution in [-0.4, -0.2) is 25.7 Å². The number of sulfonamides is 1. The number of rotatable bonds is 5. The lowest BCUT2D eigenvalue weighted by Crippen LogP contribution is -2.19. The molecular formula is C19H14N4O5S2. The van der Waals surface area contributed by atoms with Gasteiger partial charge in [0.2, 0.25) is 10.0 Å². The van der Waals surface area contributed by atoms with Crippen LogP contribution in [0.1, 0.15) is 11.5 Å². The third kappa shape index (κ3) is 4.59. The van der Waals surface area contributed by atoms with Gasteiger partial charge in [-0.05, 0) is 60.3 Å². The van der Waals surface area contributed by atoms with Crippen LogP contribution in [0.25, 0.3) is 17.4 Å². The van der Waals surface area contributed by atoms with E-state index in [9.17, 15) is 13.2 Å². The Hall–Kier alpha value is -3.41. The first-order valence-electron chi connectivity index (χ1n) is 8.47. The highest BCUT2D eigenvalue weighted by molar-refractivity contribution is 8.18. The number of hydrogen-bond donors (Lipinski definition) is 2. The third-order valence-corrected chi connectivity index (χ3v) is 5.72. The van der Waals surface area contributed by atoms with E-state index in [1.54, 1.807) is 42.5 Å². The van der Waals surface area contributed by atoms with Gasteiger partial charge in [-0.15, -0.1) is 5.10 Å². The summed E-state index contributed by atoms with van der Waals surface area (Å²) in [6.45, 7) is 0. The monoisotopic (exact) mass is 442 g/mol. The van der Waals surface area contributed by atoms with Crippen molar-refractivity contribution in [1.82, 2.24) is 5.32 Å². The second-order valence-electron chi connectivity index (χ2n) is 6.00. The van der Waals surface area contributed by atoms with Gasteiger partial charge in [-0.3, -0.25) is 10.1 Å². The predicted octanol–water partition coefficient (Wildman–Crippen LogP) is 2.78. The van der Waals surface area contributed by atoms with Crippen LogP contribution in [0.5, 0.6) is 0 Å². The zero-order valence-electron chi connectivity index (χ0n) is 15.2. The fraction of sp³-hybridized carbons (Fsp3) is 0. The number of furan rings is 2. The Morgan fingerprint density at radius 1 is 1.07 bits per heavy atom. The molecule has 3 aromatic rings. The summed E-state index contributed by atoms with van der Waals surface area (Å²) in [5, 5.41) is 15.9. The standard InChI is InChI=1S/C19H14N4O5S2/c20-30(25,26)15-6-3-12(4-7-15)16-8-5-13(28-16)10-17-18(24)22-19(29-17)23-21-11-14-2-1-9-27-14/h1-11H,(H2,20,25,26)(H,22,23,24)/b17-10+,21-11+. The van der Waals surface area contributed by atoms with E-state index in [0.717, 1.165) is 11.8 Å². The van der Waals surface area contributed by atoms with Crippen molar-refractivity contribution < 1.29 is 22.0 Å². The van der Waals surface area contributed by atoms with Gasteiger partial charge in [0, 0.05) is 11.6 Å². The molecule has 11 heteroatoms. The molecule has 2 aromatic heterocycles. The minimum absolute atomic E-state index is 0.0145. The lowest BCUT2D eigenvalue weighted by atomic mass is 10.2. The molecule has 0 saturated carbocycles. The molecule has 3 N–H and O–H groups in total. The number of hydrogen-bond acceptors (Lipinski definition) is 8. The summed E-state index contributed by atoms with van der Waals surface area (Å²) in [5.41, 5.74) is 0.671. The van der Waals surface area contributed by atoms with Gasteiger partial charge in [-0.25, -0.2) is 13.6 Å². The Morgan fingerprint density at radius 2 is 1.87 bits per heavy atom. The van der Waals surface area contributed by atoms with Crippen LogP contribution in [0.3, 0.4) is 0 Å². The highest BCUT2D eigenvalue weighted by Gasteiger charge is 2.24. The van der Waals surface area contributed by atoms with Crippen molar-refractivity contribution >= 4 is 45.2 Å². The highest BCUT2D eigenvalue weighted by atomic mass is 32.2. The maximum absolute atomic E-state index is 12.1. The molecule has 0 aliphatic carbocycles. The van der Waals surface area contributed by atoms with Gasteiger partial charge in [-0.2, -0.15) is 5.10 Å². The lowest BCUT2D eigenvalue weighted by molar-refractivity contribution is -0.115. The van der Waals surface area contributed by atoms with Crippen LogP contribution in [0.2, 0.25) is 0 Å². The smallest absolute Gasteiger partial charge is 0.264 e. The molecule has 1 aromatic carbocycles. The van der Waals surface area contributed by atoms with Gasteiger partial charge >= 0.3 is 0 Å². The molecule has 0 unspecified atom stereocenters. The Labute approximate surface area is 175 Å². The van der Waals surface area contributed by atoms with Crippen LogP contribution in [0.4, 0.5) is 0 Å². The van der Waals surface area contributed by atoms with Crippen molar-refractivity contribution in [3.63, 3.8) is 0 Å². The summed E-state index contributed by atoms with van der Waals surface area (Å²) in [7, 11) is -3.76. The predicted molar refractivity (Wildman–Crippen MR) is 113 cm³/mol. The summed E-state index contributed by atoms with van der Waals surface area (Å²) in [5.74, 6) is 1.20. The minimum atomic E-state index is -3.76. The molecule has 4 rings (SSSR count). The van der Waals surface area contributed by atoms with Gasteiger partial charge in [-0.1, -0.05) is 0 Å². The van der Waals surface area contributed by atoms with Crippen LogP contribution in [0.15, 0.2) is 83.6 Å². The third-order valence-electron chi connectivity index (χ3n) is 3.90. The molecular weight excluding hydrogens is 428 g/mol. The van der Waals surface area contributed by atoms with Crippen LogP contribution in [0, 0.1) is 0 Å². The molecule has 152 valence electrons. The van der Waals surface area contributed by atoms with Crippen molar-refractivity contribution in [2.75, 3.05) is 0 Å². The fourth-order valence-corrected chi connectivity index (χ4v) is 3.78. The van der Waals surface area contributed by atoms with Crippen LogP contribution >= 0.6 is 11.8 Å². The molecule has 9 nitrogen and oxygen atoms in total. The molecule has 1 saturated heterocycles. The van der Waals surface area contributed by atoms with Gasteiger partial charge in [0.05, 0.1) is 22.3 Å². The molecule has 30 heavy (non-hydrogen) atoms.